The number of methoxy groups -OCH3 is 1. The van der Waals surface area contributed by atoms with Crippen LogP contribution in [-0.4, -0.2) is 42.8 Å². The number of ether oxygens (including phenoxy) is 1. The Kier molecular flexibility index (Phi) is 2.63. The summed E-state index contributed by atoms with van der Waals surface area (Å²) in [4.78, 5) is 13.5. The molecule has 0 aromatic rings. The molecule has 0 spiro atoms. The molecule has 0 bridgehead atoms. The molecule has 86 valence electrons. The van der Waals surface area contributed by atoms with Gasteiger partial charge in [0.15, 0.2) is 0 Å². The van der Waals surface area contributed by atoms with Crippen molar-refractivity contribution in [1.82, 2.24) is 10.2 Å². The first-order valence-electron chi connectivity index (χ1n) is 5.66. The van der Waals surface area contributed by atoms with Gasteiger partial charge in [0, 0.05) is 12.6 Å². The highest BCUT2D eigenvalue weighted by atomic mass is 16.5. The molecule has 0 aliphatic carbocycles. The van der Waals surface area contributed by atoms with Crippen molar-refractivity contribution in [3.05, 3.63) is 0 Å². The Morgan fingerprint density at radius 1 is 1.47 bits per heavy atom. The lowest BCUT2D eigenvalue weighted by atomic mass is 9.79. The third-order valence-electron chi connectivity index (χ3n) is 3.93. The van der Waals surface area contributed by atoms with Gasteiger partial charge in [-0.1, -0.05) is 0 Å². The average molecular weight is 212 g/mol. The molecule has 2 unspecified atom stereocenters. The molecule has 2 atom stereocenters. The van der Waals surface area contributed by atoms with E-state index in [1.165, 1.54) is 13.5 Å². The quantitative estimate of drug-likeness (QED) is 0.656. The summed E-state index contributed by atoms with van der Waals surface area (Å²) in [5.74, 6) is 0.723. The van der Waals surface area contributed by atoms with Crippen LogP contribution in [0.4, 0.5) is 4.79 Å². The molecule has 2 fully saturated rings. The lowest BCUT2D eigenvalue weighted by Gasteiger charge is -2.48. The Labute approximate surface area is 91.0 Å². The Hall–Kier alpha value is -0.770. The molecular formula is C11H20N2O2. The molecule has 1 amide bonds. The number of nitrogens with zero attached hydrogens (tertiary/aromatic N) is 1. The molecule has 2 aliphatic rings. The molecule has 1 N–H and O–H groups in total. The summed E-state index contributed by atoms with van der Waals surface area (Å²) in [5, 5.41) is 3.51. The Bertz CT molecular complexity index is 265. The van der Waals surface area contributed by atoms with Gasteiger partial charge in [0.2, 0.25) is 0 Å². The number of amides is 1. The first-order valence-corrected chi connectivity index (χ1v) is 5.66. The van der Waals surface area contributed by atoms with E-state index >= 15 is 0 Å². The molecule has 4 nitrogen and oxygen atoms in total. The van der Waals surface area contributed by atoms with E-state index in [1.807, 2.05) is 4.90 Å². The van der Waals surface area contributed by atoms with E-state index in [1.54, 1.807) is 0 Å². The zero-order valence-electron chi connectivity index (χ0n) is 9.75. The molecular weight excluding hydrogens is 192 g/mol. The Morgan fingerprint density at radius 3 is 2.87 bits per heavy atom. The fourth-order valence-electron chi connectivity index (χ4n) is 3.08. The zero-order chi connectivity index (χ0) is 11.1. The molecule has 0 aromatic heterocycles. The van der Waals surface area contributed by atoms with E-state index in [0.717, 1.165) is 25.4 Å². The second kappa shape index (κ2) is 3.67. The van der Waals surface area contributed by atoms with Crippen LogP contribution in [0.25, 0.3) is 0 Å². The van der Waals surface area contributed by atoms with Gasteiger partial charge < -0.3 is 15.0 Å². The van der Waals surface area contributed by atoms with Crippen molar-refractivity contribution >= 4 is 6.09 Å². The SMILES string of the molecule is COC(=O)N1CCC2CCNC2C1(C)C. The summed E-state index contributed by atoms with van der Waals surface area (Å²) in [6, 6.07) is 0.422. The molecule has 4 heteroatoms. The molecule has 2 heterocycles. The van der Waals surface area contributed by atoms with Gasteiger partial charge in [0.05, 0.1) is 12.6 Å². The molecule has 0 saturated carbocycles. The van der Waals surface area contributed by atoms with E-state index in [0.29, 0.717) is 6.04 Å². The minimum absolute atomic E-state index is 0.132. The number of nitrogens with one attached hydrogen (secondary N) is 1. The zero-order valence-corrected chi connectivity index (χ0v) is 9.75. The first-order chi connectivity index (χ1) is 7.07. The third-order valence-corrected chi connectivity index (χ3v) is 3.93. The van der Waals surface area contributed by atoms with Gasteiger partial charge in [0.1, 0.15) is 0 Å². The van der Waals surface area contributed by atoms with Crippen molar-refractivity contribution in [3.8, 4) is 0 Å². The van der Waals surface area contributed by atoms with Gasteiger partial charge in [-0.2, -0.15) is 0 Å². The number of fused-ring (bicyclic) bond motifs is 1. The second-order valence-electron chi connectivity index (χ2n) is 5.04. The Morgan fingerprint density at radius 2 is 2.20 bits per heavy atom. The molecule has 2 rings (SSSR count). The summed E-state index contributed by atoms with van der Waals surface area (Å²) < 4.78 is 4.83. The van der Waals surface area contributed by atoms with Crippen LogP contribution in [-0.2, 0) is 4.74 Å². The van der Waals surface area contributed by atoms with Crippen molar-refractivity contribution in [2.75, 3.05) is 20.2 Å². The second-order valence-corrected chi connectivity index (χ2v) is 5.04. The summed E-state index contributed by atoms with van der Waals surface area (Å²) in [6.07, 6.45) is 2.13. The van der Waals surface area contributed by atoms with Crippen LogP contribution in [0.2, 0.25) is 0 Å². The highest BCUT2D eigenvalue weighted by Gasteiger charge is 2.48. The maximum Gasteiger partial charge on any atom is 0.409 e. The predicted octanol–water partition coefficient (Wildman–Crippen LogP) is 1.22. The van der Waals surface area contributed by atoms with Crippen LogP contribution < -0.4 is 5.32 Å². The predicted molar refractivity (Wildman–Crippen MR) is 57.7 cm³/mol. The van der Waals surface area contributed by atoms with Gasteiger partial charge in [-0.25, -0.2) is 4.79 Å². The fraction of sp³-hybridized carbons (Fsp3) is 0.909. The van der Waals surface area contributed by atoms with Crippen LogP contribution in [0.3, 0.4) is 0 Å². The van der Waals surface area contributed by atoms with Crippen LogP contribution in [0.15, 0.2) is 0 Å². The van der Waals surface area contributed by atoms with E-state index in [4.69, 9.17) is 4.74 Å². The molecule has 15 heavy (non-hydrogen) atoms. The average Bonchev–Trinajstić information content (AvgIpc) is 2.66. The monoisotopic (exact) mass is 212 g/mol. The van der Waals surface area contributed by atoms with E-state index < -0.39 is 0 Å². The fourth-order valence-corrected chi connectivity index (χ4v) is 3.08. The van der Waals surface area contributed by atoms with Gasteiger partial charge in [-0.05, 0) is 39.2 Å². The smallest absolute Gasteiger partial charge is 0.409 e. The van der Waals surface area contributed by atoms with Gasteiger partial charge in [-0.15, -0.1) is 0 Å². The number of rotatable bonds is 0. The summed E-state index contributed by atoms with van der Waals surface area (Å²) in [5.41, 5.74) is -0.132. The number of carbonyl (C=O) groups is 1. The highest BCUT2D eigenvalue weighted by molar-refractivity contribution is 5.68. The van der Waals surface area contributed by atoms with Gasteiger partial charge in [-0.3, -0.25) is 0 Å². The maximum absolute atomic E-state index is 11.6. The molecule has 2 aliphatic heterocycles. The van der Waals surface area contributed by atoms with Gasteiger partial charge >= 0.3 is 6.09 Å². The number of hydrogen-bond acceptors (Lipinski definition) is 3. The third kappa shape index (κ3) is 1.61. The molecule has 0 radical (unpaired) electrons. The number of piperidine rings is 1. The Balaban J connectivity index is 2.18. The van der Waals surface area contributed by atoms with E-state index in [9.17, 15) is 4.79 Å². The van der Waals surface area contributed by atoms with Crippen molar-refractivity contribution in [2.24, 2.45) is 5.92 Å². The summed E-state index contributed by atoms with van der Waals surface area (Å²) in [7, 11) is 1.45. The number of carbonyl (C=O) groups excluding carboxylic acids is 1. The minimum atomic E-state index is -0.202. The van der Waals surface area contributed by atoms with Crippen LogP contribution >= 0.6 is 0 Å². The highest BCUT2D eigenvalue weighted by Crippen LogP contribution is 2.36. The van der Waals surface area contributed by atoms with Crippen molar-refractivity contribution in [3.63, 3.8) is 0 Å². The summed E-state index contributed by atoms with van der Waals surface area (Å²) >= 11 is 0. The molecule has 2 saturated heterocycles. The number of likely N-dealkylation sites (tertiary alicyclic amines) is 1. The van der Waals surface area contributed by atoms with E-state index in [-0.39, 0.29) is 11.6 Å². The van der Waals surface area contributed by atoms with Crippen molar-refractivity contribution < 1.29 is 9.53 Å². The van der Waals surface area contributed by atoms with Gasteiger partial charge in [0.25, 0.3) is 0 Å². The first kappa shape index (κ1) is 10.7. The number of hydrogen-bond donors (Lipinski definition) is 1. The van der Waals surface area contributed by atoms with Crippen LogP contribution in [0.5, 0.6) is 0 Å². The lowest BCUT2D eigenvalue weighted by Crippen LogP contribution is -2.63. The van der Waals surface area contributed by atoms with E-state index in [2.05, 4.69) is 19.2 Å². The van der Waals surface area contributed by atoms with Crippen molar-refractivity contribution in [1.29, 1.82) is 0 Å². The lowest BCUT2D eigenvalue weighted by molar-refractivity contribution is 0.0237. The van der Waals surface area contributed by atoms with Crippen molar-refractivity contribution in [2.45, 2.75) is 38.3 Å². The largest absolute Gasteiger partial charge is 0.453 e. The maximum atomic E-state index is 11.6. The van der Waals surface area contributed by atoms with Crippen LogP contribution in [0.1, 0.15) is 26.7 Å². The van der Waals surface area contributed by atoms with Crippen LogP contribution in [0, 0.1) is 5.92 Å². The minimum Gasteiger partial charge on any atom is -0.453 e. The normalized spacial score (nSPS) is 33.7. The standard InChI is InChI=1S/C11H20N2O2/c1-11(2)9-8(4-6-12-9)5-7-13(11)10(14)15-3/h8-9,12H,4-7H2,1-3H3. The topological polar surface area (TPSA) is 41.6 Å². The summed E-state index contributed by atoms with van der Waals surface area (Å²) in [6.45, 7) is 6.15. The molecule has 0 aromatic carbocycles.